The molecule has 0 spiro atoms. The van der Waals surface area contributed by atoms with Crippen LogP contribution in [0.5, 0.6) is 0 Å². The van der Waals surface area contributed by atoms with Gasteiger partial charge in [0.05, 0.1) is 13.2 Å². The molecule has 0 aromatic rings. The van der Waals surface area contributed by atoms with Gasteiger partial charge in [-0.1, -0.05) is 41.0 Å². The summed E-state index contributed by atoms with van der Waals surface area (Å²) in [6.07, 6.45) is 7.62. The van der Waals surface area contributed by atoms with Gasteiger partial charge in [0.2, 0.25) is 0 Å². The topological polar surface area (TPSA) is 52.6 Å². The second-order valence-corrected chi connectivity index (χ2v) is 7.81. The predicted octanol–water partition coefficient (Wildman–Crippen LogP) is 5.29. The molecule has 0 aromatic carbocycles. The largest absolute Gasteiger partial charge is 0.466 e. The lowest BCUT2D eigenvalue weighted by atomic mass is 9.85. The third-order valence-corrected chi connectivity index (χ3v) is 4.45. The maximum atomic E-state index is 11.6. The lowest BCUT2D eigenvalue weighted by molar-refractivity contribution is -0.145. The normalized spacial score (nSPS) is 11.6. The molecular formula is C20H38O4. The number of carbonyl (C=O) groups excluding carboxylic acids is 2. The van der Waals surface area contributed by atoms with Crippen LogP contribution in [-0.4, -0.2) is 25.2 Å². The summed E-state index contributed by atoms with van der Waals surface area (Å²) in [5, 5.41) is 0. The third kappa shape index (κ3) is 14.5. The summed E-state index contributed by atoms with van der Waals surface area (Å²) in [7, 11) is 0. The van der Waals surface area contributed by atoms with Crippen molar-refractivity contribution in [3.63, 3.8) is 0 Å². The van der Waals surface area contributed by atoms with Gasteiger partial charge in [0.25, 0.3) is 0 Å². The van der Waals surface area contributed by atoms with E-state index in [1.807, 2.05) is 0 Å². The van der Waals surface area contributed by atoms with Crippen molar-refractivity contribution in [1.82, 2.24) is 0 Å². The summed E-state index contributed by atoms with van der Waals surface area (Å²) < 4.78 is 10.4. The molecule has 0 aromatic heterocycles. The van der Waals surface area contributed by atoms with Crippen LogP contribution in [0.1, 0.15) is 92.4 Å². The van der Waals surface area contributed by atoms with Gasteiger partial charge in [-0.05, 0) is 49.9 Å². The monoisotopic (exact) mass is 342 g/mol. The van der Waals surface area contributed by atoms with Crippen molar-refractivity contribution in [2.75, 3.05) is 13.2 Å². The second-order valence-electron chi connectivity index (χ2n) is 7.81. The van der Waals surface area contributed by atoms with Crippen LogP contribution in [0.15, 0.2) is 0 Å². The summed E-state index contributed by atoms with van der Waals surface area (Å²) in [4.78, 5) is 23.1. The van der Waals surface area contributed by atoms with E-state index in [1.165, 1.54) is 0 Å². The molecule has 0 aliphatic rings. The van der Waals surface area contributed by atoms with Gasteiger partial charge in [-0.15, -0.1) is 0 Å². The van der Waals surface area contributed by atoms with Crippen LogP contribution in [0, 0.1) is 11.3 Å². The van der Waals surface area contributed by atoms with Gasteiger partial charge in [-0.2, -0.15) is 0 Å². The summed E-state index contributed by atoms with van der Waals surface area (Å²) in [5.74, 6) is 0.358. The van der Waals surface area contributed by atoms with E-state index >= 15 is 0 Å². The zero-order chi connectivity index (χ0) is 18.4. The number of hydrogen-bond donors (Lipinski definition) is 0. The quantitative estimate of drug-likeness (QED) is 0.318. The summed E-state index contributed by atoms with van der Waals surface area (Å²) in [6, 6.07) is 0. The third-order valence-electron chi connectivity index (χ3n) is 4.45. The Labute approximate surface area is 148 Å². The Balaban J connectivity index is 3.42. The average molecular weight is 343 g/mol. The molecule has 0 aliphatic carbocycles. The number of rotatable bonds is 14. The first kappa shape index (κ1) is 22.9. The van der Waals surface area contributed by atoms with Crippen molar-refractivity contribution < 1.29 is 19.1 Å². The molecule has 0 atom stereocenters. The highest BCUT2D eigenvalue weighted by atomic mass is 16.5. The maximum Gasteiger partial charge on any atom is 0.305 e. The van der Waals surface area contributed by atoms with E-state index in [4.69, 9.17) is 9.47 Å². The Morgan fingerprint density at radius 3 is 1.83 bits per heavy atom. The fourth-order valence-electron chi connectivity index (χ4n) is 2.10. The van der Waals surface area contributed by atoms with Crippen LogP contribution in [0.2, 0.25) is 0 Å². The first-order chi connectivity index (χ1) is 11.3. The first-order valence-electron chi connectivity index (χ1n) is 9.58. The molecule has 0 fully saturated rings. The minimum atomic E-state index is -0.0902. The van der Waals surface area contributed by atoms with Gasteiger partial charge in [-0.3, -0.25) is 9.59 Å². The van der Waals surface area contributed by atoms with Gasteiger partial charge in [-0.25, -0.2) is 0 Å². The fourth-order valence-corrected chi connectivity index (χ4v) is 2.10. The fraction of sp³-hybridized carbons (Fsp3) is 0.900. The van der Waals surface area contributed by atoms with Gasteiger partial charge < -0.3 is 9.47 Å². The molecule has 0 heterocycles. The molecule has 0 bridgehead atoms. The van der Waals surface area contributed by atoms with Gasteiger partial charge in [0, 0.05) is 12.8 Å². The number of hydrogen-bond acceptors (Lipinski definition) is 4. The van der Waals surface area contributed by atoms with Crippen molar-refractivity contribution in [2.45, 2.75) is 92.4 Å². The highest BCUT2D eigenvalue weighted by Gasteiger charge is 2.17. The Hall–Kier alpha value is -1.06. The van der Waals surface area contributed by atoms with Gasteiger partial charge in [0.15, 0.2) is 0 Å². The molecule has 0 saturated heterocycles. The summed E-state index contributed by atoms with van der Waals surface area (Å²) in [6.45, 7) is 11.7. The minimum Gasteiger partial charge on any atom is -0.466 e. The molecule has 0 saturated carbocycles. The molecule has 4 nitrogen and oxygen atoms in total. The molecule has 142 valence electrons. The van der Waals surface area contributed by atoms with E-state index in [-0.39, 0.29) is 17.4 Å². The van der Waals surface area contributed by atoms with Gasteiger partial charge in [0.1, 0.15) is 0 Å². The molecule has 4 heteroatoms. The predicted molar refractivity (Wildman–Crippen MR) is 97.8 cm³/mol. The highest BCUT2D eigenvalue weighted by Crippen LogP contribution is 2.26. The van der Waals surface area contributed by atoms with E-state index in [0.29, 0.717) is 32.0 Å². The standard InChI is InChI=1S/C20H38O4/c1-6-20(4,5)14-13-19(22)24-16-10-8-7-9-15-23-18(21)12-11-17(2)3/h17H,6-16H2,1-5H3. The Bertz CT molecular complexity index is 348. The molecule has 0 N–H and O–H groups in total. The van der Waals surface area contributed by atoms with E-state index < -0.39 is 0 Å². The van der Waals surface area contributed by atoms with Crippen molar-refractivity contribution in [3.8, 4) is 0 Å². The maximum absolute atomic E-state index is 11.6. The molecule has 0 amide bonds. The van der Waals surface area contributed by atoms with Crippen LogP contribution >= 0.6 is 0 Å². The lowest BCUT2D eigenvalue weighted by Gasteiger charge is -2.21. The van der Waals surface area contributed by atoms with Crippen molar-refractivity contribution >= 4 is 11.9 Å². The zero-order valence-electron chi connectivity index (χ0n) is 16.5. The van der Waals surface area contributed by atoms with Crippen LogP contribution in [-0.2, 0) is 19.1 Å². The summed E-state index contributed by atoms with van der Waals surface area (Å²) in [5.41, 5.74) is 0.214. The Morgan fingerprint density at radius 1 is 0.875 bits per heavy atom. The molecule has 0 radical (unpaired) electrons. The number of carbonyl (C=O) groups is 2. The van der Waals surface area contributed by atoms with Crippen molar-refractivity contribution in [1.29, 1.82) is 0 Å². The molecule has 0 unspecified atom stereocenters. The van der Waals surface area contributed by atoms with Crippen LogP contribution < -0.4 is 0 Å². The Morgan fingerprint density at radius 2 is 1.38 bits per heavy atom. The molecular weight excluding hydrogens is 304 g/mol. The molecule has 0 rings (SSSR count). The number of unbranched alkanes of at least 4 members (excludes halogenated alkanes) is 3. The minimum absolute atomic E-state index is 0.0874. The smallest absolute Gasteiger partial charge is 0.305 e. The highest BCUT2D eigenvalue weighted by molar-refractivity contribution is 5.69. The van der Waals surface area contributed by atoms with Crippen molar-refractivity contribution in [3.05, 3.63) is 0 Å². The second kappa shape index (κ2) is 13.3. The number of esters is 2. The van der Waals surface area contributed by atoms with Crippen LogP contribution in [0.3, 0.4) is 0 Å². The number of ether oxygens (including phenoxy) is 2. The molecule has 24 heavy (non-hydrogen) atoms. The van der Waals surface area contributed by atoms with E-state index in [2.05, 4.69) is 34.6 Å². The zero-order valence-corrected chi connectivity index (χ0v) is 16.5. The lowest BCUT2D eigenvalue weighted by Crippen LogP contribution is -2.14. The average Bonchev–Trinajstić information content (AvgIpc) is 2.53. The van der Waals surface area contributed by atoms with Crippen molar-refractivity contribution in [2.24, 2.45) is 11.3 Å². The van der Waals surface area contributed by atoms with E-state index in [0.717, 1.165) is 44.9 Å². The Kier molecular flexibility index (Phi) is 12.7. The van der Waals surface area contributed by atoms with Gasteiger partial charge >= 0.3 is 11.9 Å². The van der Waals surface area contributed by atoms with Crippen LogP contribution in [0.25, 0.3) is 0 Å². The molecule has 0 aliphatic heterocycles. The van der Waals surface area contributed by atoms with Crippen LogP contribution in [0.4, 0.5) is 0 Å². The SMILES string of the molecule is CCC(C)(C)CCC(=O)OCCCCCCOC(=O)CCC(C)C. The summed E-state index contributed by atoms with van der Waals surface area (Å²) >= 11 is 0. The van der Waals surface area contributed by atoms with E-state index in [1.54, 1.807) is 0 Å². The first-order valence-corrected chi connectivity index (χ1v) is 9.58. The van der Waals surface area contributed by atoms with E-state index in [9.17, 15) is 9.59 Å².